The van der Waals surface area contributed by atoms with E-state index >= 15 is 0 Å². The Labute approximate surface area is 96.7 Å². The lowest BCUT2D eigenvalue weighted by atomic mass is 10.0. The molecule has 0 fully saturated rings. The van der Waals surface area contributed by atoms with Gasteiger partial charge in [-0.1, -0.05) is 18.6 Å². The van der Waals surface area contributed by atoms with Gasteiger partial charge >= 0.3 is 0 Å². The Kier molecular flexibility index (Phi) is 4.50. The molecule has 3 nitrogen and oxygen atoms in total. The Hall–Kier alpha value is -1.35. The van der Waals surface area contributed by atoms with Crippen molar-refractivity contribution in [3.63, 3.8) is 0 Å². The number of carbonyl (C=O) groups is 1. The number of aliphatic hydroxyl groups excluding tert-OH is 1. The standard InChI is InChI=1S/C13H19NO2/c1-4-11-7-10(2)8-12(9-11)13(16)14(3)5-6-15/h7-9,15H,4-6H2,1-3H3. The topological polar surface area (TPSA) is 40.5 Å². The smallest absolute Gasteiger partial charge is 0.253 e. The molecule has 0 spiro atoms. The van der Waals surface area contributed by atoms with E-state index in [1.807, 2.05) is 19.1 Å². The van der Waals surface area contributed by atoms with E-state index < -0.39 is 0 Å². The zero-order chi connectivity index (χ0) is 12.1. The van der Waals surface area contributed by atoms with Gasteiger partial charge in [0.1, 0.15) is 0 Å². The highest BCUT2D eigenvalue weighted by atomic mass is 16.3. The highest BCUT2D eigenvalue weighted by Gasteiger charge is 2.11. The number of aryl methyl sites for hydroxylation is 2. The van der Waals surface area contributed by atoms with Crippen LogP contribution in [0.15, 0.2) is 18.2 Å². The second kappa shape index (κ2) is 5.66. The molecule has 0 saturated carbocycles. The van der Waals surface area contributed by atoms with Crippen LogP contribution in [0.3, 0.4) is 0 Å². The number of hydrogen-bond donors (Lipinski definition) is 1. The Morgan fingerprint density at radius 1 is 1.38 bits per heavy atom. The average molecular weight is 221 g/mol. The van der Waals surface area contributed by atoms with Crippen molar-refractivity contribution in [2.24, 2.45) is 0 Å². The zero-order valence-electron chi connectivity index (χ0n) is 10.2. The molecule has 0 aromatic heterocycles. The second-order valence-corrected chi connectivity index (χ2v) is 4.01. The van der Waals surface area contributed by atoms with Gasteiger partial charge in [0.05, 0.1) is 6.61 Å². The number of amides is 1. The first-order valence-corrected chi connectivity index (χ1v) is 5.55. The van der Waals surface area contributed by atoms with Crippen LogP contribution in [-0.2, 0) is 6.42 Å². The molecule has 3 heteroatoms. The maximum absolute atomic E-state index is 12.0. The van der Waals surface area contributed by atoms with Gasteiger partial charge in [-0.05, 0) is 31.0 Å². The number of nitrogens with zero attached hydrogens (tertiary/aromatic N) is 1. The van der Waals surface area contributed by atoms with E-state index in [0.29, 0.717) is 12.1 Å². The first kappa shape index (κ1) is 12.7. The van der Waals surface area contributed by atoms with Crippen molar-refractivity contribution >= 4 is 5.91 Å². The summed E-state index contributed by atoms with van der Waals surface area (Å²) in [6.07, 6.45) is 0.922. The van der Waals surface area contributed by atoms with Crippen LogP contribution in [0.5, 0.6) is 0 Å². The SMILES string of the molecule is CCc1cc(C)cc(C(=O)N(C)CCO)c1. The summed E-state index contributed by atoms with van der Waals surface area (Å²) < 4.78 is 0. The van der Waals surface area contributed by atoms with Gasteiger partial charge in [0.15, 0.2) is 0 Å². The molecule has 0 radical (unpaired) electrons. The van der Waals surface area contributed by atoms with Crippen molar-refractivity contribution < 1.29 is 9.90 Å². The minimum Gasteiger partial charge on any atom is -0.395 e. The third kappa shape index (κ3) is 3.07. The molecule has 0 aliphatic carbocycles. The van der Waals surface area contributed by atoms with Gasteiger partial charge in [0.25, 0.3) is 5.91 Å². The first-order chi connectivity index (χ1) is 7.58. The molecule has 88 valence electrons. The van der Waals surface area contributed by atoms with Gasteiger partial charge in [-0.3, -0.25) is 4.79 Å². The van der Waals surface area contributed by atoms with Crippen molar-refractivity contribution in [2.75, 3.05) is 20.2 Å². The van der Waals surface area contributed by atoms with Crippen molar-refractivity contribution in [1.29, 1.82) is 0 Å². The van der Waals surface area contributed by atoms with Crippen molar-refractivity contribution in [2.45, 2.75) is 20.3 Å². The molecule has 0 bridgehead atoms. The van der Waals surface area contributed by atoms with Crippen molar-refractivity contribution in [3.8, 4) is 0 Å². The molecule has 0 aliphatic heterocycles. The van der Waals surface area contributed by atoms with E-state index in [-0.39, 0.29) is 12.5 Å². The highest BCUT2D eigenvalue weighted by Crippen LogP contribution is 2.12. The van der Waals surface area contributed by atoms with E-state index in [2.05, 4.69) is 13.0 Å². The molecule has 0 aliphatic rings. The summed E-state index contributed by atoms with van der Waals surface area (Å²) in [5.74, 6) is -0.0348. The fourth-order valence-corrected chi connectivity index (χ4v) is 1.66. The van der Waals surface area contributed by atoms with Crippen LogP contribution >= 0.6 is 0 Å². The molecular formula is C13H19NO2. The van der Waals surface area contributed by atoms with Gasteiger partial charge in [-0.25, -0.2) is 0 Å². The molecular weight excluding hydrogens is 202 g/mol. The van der Waals surface area contributed by atoms with E-state index in [4.69, 9.17) is 5.11 Å². The van der Waals surface area contributed by atoms with E-state index in [0.717, 1.165) is 12.0 Å². The van der Waals surface area contributed by atoms with Crippen LogP contribution in [0.1, 0.15) is 28.4 Å². The predicted octanol–water partition coefficient (Wildman–Crippen LogP) is 1.62. The summed E-state index contributed by atoms with van der Waals surface area (Å²) in [6, 6.07) is 5.89. The number of rotatable bonds is 4. The van der Waals surface area contributed by atoms with Crippen LogP contribution in [-0.4, -0.2) is 36.1 Å². The summed E-state index contributed by atoms with van der Waals surface area (Å²) in [4.78, 5) is 13.5. The number of aliphatic hydroxyl groups is 1. The van der Waals surface area contributed by atoms with Crippen LogP contribution in [0.25, 0.3) is 0 Å². The first-order valence-electron chi connectivity index (χ1n) is 5.55. The lowest BCUT2D eigenvalue weighted by molar-refractivity contribution is 0.0767. The Morgan fingerprint density at radius 2 is 2.06 bits per heavy atom. The fraction of sp³-hybridized carbons (Fsp3) is 0.462. The molecule has 0 heterocycles. The van der Waals surface area contributed by atoms with Gasteiger partial charge < -0.3 is 10.0 Å². The van der Waals surface area contributed by atoms with Crippen LogP contribution in [0.2, 0.25) is 0 Å². The molecule has 0 atom stereocenters. The van der Waals surface area contributed by atoms with Crippen LogP contribution < -0.4 is 0 Å². The molecule has 1 N–H and O–H groups in total. The number of hydrogen-bond acceptors (Lipinski definition) is 2. The maximum Gasteiger partial charge on any atom is 0.253 e. The van der Waals surface area contributed by atoms with Gasteiger partial charge in [0, 0.05) is 19.2 Å². The molecule has 1 aromatic rings. The quantitative estimate of drug-likeness (QED) is 0.839. The largest absolute Gasteiger partial charge is 0.395 e. The molecule has 1 amide bonds. The summed E-state index contributed by atoms with van der Waals surface area (Å²) in [5, 5.41) is 8.79. The van der Waals surface area contributed by atoms with Crippen LogP contribution in [0, 0.1) is 6.92 Å². The lowest BCUT2D eigenvalue weighted by Crippen LogP contribution is -2.29. The number of carbonyl (C=O) groups excluding carboxylic acids is 1. The van der Waals surface area contributed by atoms with E-state index in [9.17, 15) is 4.79 Å². The van der Waals surface area contributed by atoms with E-state index in [1.54, 1.807) is 7.05 Å². The molecule has 16 heavy (non-hydrogen) atoms. The Balaban J connectivity index is 2.94. The summed E-state index contributed by atoms with van der Waals surface area (Å²) in [5.41, 5.74) is 2.97. The predicted molar refractivity (Wildman–Crippen MR) is 64.6 cm³/mol. The molecule has 1 aromatic carbocycles. The Bertz CT molecular complexity index is 374. The Morgan fingerprint density at radius 3 is 2.62 bits per heavy atom. The minimum absolute atomic E-state index is 0.00527. The normalized spacial score (nSPS) is 10.2. The molecule has 0 unspecified atom stereocenters. The van der Waals surface area contributed by atoms with Gasteiger partial charge in [-0.15, -0.1) is 0 Å². The highest BCUT2D eigenvalue weighted by molar-refractivity contribution is 5.94. The molecule has 0 saturated heterocycles. The van der Waals surface area contributed by atoms with Crippen molar-refractivity contribution in [1.82, 2.24) is 4.90 Å². The lowest BCUT2D eigenvalue weighted by Gasteiger charge is -2.16. The third-order valence-electron chi connectivity index (χ3n) is 2.57. The van der Waals surface area contributed by atoms with E-state index in [1.165, 1.54) is 10.5 Å². The summed E-state index contributed by atoms with van der Waals surface area (Å²) >= 11 is 0. The maximum atomic E-state index is 12.0. The zero-order valence-corrected chi connectivity index (χ0v) is 10.2. The average Bonchev–Trinajstić information content (AvgIpc) is 2.27. The number of benzene rings is 1. The fourth-order valence-electron chi connectivity index (χ4n) is 1.66. The summed E-state index contributed by atoms with van der Waals surface area (Å²) in [7, 11) is 1.70. The second-order valence-electron chi connectivity index (χ2n) is 4.01. The molecule has 1 rings (SSSR count). The number of likely N-dealkylation sites (N-methyl/N-ethyl adjacent to an activating group) is 1. The monoisotopic (exact) mass is 221 g/mol. The van der Waals surface area contributed by atoms with Crippen molar-refractivity contribution in [3.05, 3.63) is 34.9 Å². The van der Waals surface area contributed by atoms with Gasteiger partial charge in [-0.2, -0.15) is 0 Å². The third-order valence-corrected chi connectivity index (χ3v) is 2.57. The minimum atomic E-state index is -0.0348. The van der Waals surface area contributed by atoms with Gasteiger partial charge in [0.2, 0.25) is 0 Å². The van der Waals surface area contributed by atoms with Crippen LogP contribution in [0.4, 0.5) is 0 Å². The summed E-state index contributed by atoms with van der Waals surface area (Å²) in [6.45, 7) is 4.42.